The number of nitrogens with one attached hydrogen (secondary N) is 1. The van der Waals surface area contributed by atoms with Crippen LogP contribution < -0.4 is 16.8 Å². The number of benzene rings is 2. The van der Waals surface area contributed by atoms with E-state index < -0.39 is 0 Å². The Balaban J connectivity index is 2.07. The van der Waals surface area contributed by atoms with Crippen molar-refractivity contribution in [3.8, 4) is 6.07 Å². The molecule has 0 atom stereocenters. The Kier molecular flexibility index (Phi) is 3.87. The van der Waals surface area contributed by atoms with Crippen LogP contribution in [0, 0.1) is 11.3 Å². The highest BCUT2D eigenvalue weighted by atomic mass is 16.1. The van der Waals surface area contributed by atoms with Crippen molar-refractivity contribution >= 4 is 17.3 Å². The van der Waals surface area contributed by atoms with E-state index in [4.69, 9.17) is 16.7 Å². The average Bonchev–Trinajstić information content (AvgIpc) is 2.45. The summed E-state index contributed by atoms with van der Waals surface area (Å²) in [4.78, 5) is 12.0. The zero-order valence-corrected chi connectivity index (χ0v) is 10.8. The lowest BCUT2D eigenvalue weighted by Crippen LogP contribution is -2.23. The van der Waals surface area contributed by atoms with Crippen molar-refractivity contribution in [2.75, 3.05) is 11.5 Å². The van der Waals surface area contributed by atoms with Crippen molar-refractivity contribution in [2.24, 2.45) is 0 Å². The third-order valence-corrected chi connectivity index (χ3v) is 2.83. The summed E-state index contributed by atoms with van der Waals surface area (Å²) in [5.41, 5.74) is 14.0. The normalized spacial score (nSPS) is 9.75. The second-order valence-electron chi connectivity index (χ2n) is 4.34. The van der Waals surface area contributed by atoms with E-state index in [-0.39, 0.29) is 5.91 Å². The maximum Gasteiger partial charge on any atom is 0.253 e. The van der Waals surface area contributed by atoms with Crippen molar-refractivity contribution in [1.82, 2.24) is 5.32 Å². The van der Waals surface area contributed by atoms with Crippen LogP contribution >= 0.6 is 0 Å². The Labute approximate surface area is 116 Å². The maximum atomic E-state index is 12.0. The Morgan fingerprint density at radius 1 is 1.20 bits per heavy atom. The van der Waals surface area contributed by atoms with Crippen molar-refractivity contribution in [3.05, 3.63) is 59.2 Å². The van der Waals surface area contributed by atoms with Gasteiger partial charge < -0.3 is 16.8 Å². The summed E-state index contributed by atoms with van der Waals surface area (Å²) in [6, 6.07) is 13.9. The summed E-state index contributed by atoms with van der Waals surface area (Å²) in [5, 5.41) is 11.6. The maximum absolute atomic E-state index is 12.0. The Morgan fingerprint density at radius 3 is 2.70 bits per heavy atom. The van der Waals surface area contributed by atoms with Crippen LogP contribution in [0.15, 0.2) is 42.5 Å². The van der Waals surface area contributed by atoms with E-state index in [1.807, 2.05) is 6.07 Å². The predicted octanol–water partition coefficient (Wildman–Crippen LogP) is 1.65. The summed E-state index contributed by atoms with van der Waals surface area (Å²) in [6.45, 7) is 0.332. The fourth-order valence-electron chi connectivity index (χ4n) is 1.82. The van der Waals surface area contributed by atoms with Gasteiger partial charge in [0.2, 0.25) is 0 Å². The number of nitrogens with zero attached hydrogens (tertiary/aromatic N) is 1. The first-order chi connectivity index (χ1) is 9.60. The first kappa shape index (κ1) is 13.4. The molecule has 0 saturated heterocycles. The Morgan fingerprint density at radius 2 is 2.00 bits per heavy atom. The quantitative estimate of drug-likeness (QED) is 0.734. The largest absolute Gasteiger partial charge is 0.399 e. The SMILES string of the molecule is N#Cc1cccc(CNC(=O)c2ccc(N)cc2N)c1. The number of amides is 1. The van der Waals surface area contributed by atoms with Crippen LogP contribution in [0.5, 0.6) is 0 Å². The molecule has 5 heteroatoms. The van der Waals surface area contributed by atoms with E-state index in [1.165, 1.54) is 0 Å². The number of carbonyl (C=O) groups excluding carboxylic acids is 1. The monoisotopic (exact) mass is 266 g/mol. The smallest absolute Gasteiger partial charge is 0.253 e. The topological polar surface area (TPSA) is 105 Å². The second kappa shape index (κ2) is 5.76. The average molecular weight is 266 g/mol. The molecule has 0 aliphatic heterocycles. The van der Waals surface area contributed by atoms with Crippen LogP contribution in [0.2, 0.25) is 0 Å². The molecule has 5 nitrogen and oxygen atoms in total. The van der Waals surface area contributed by atoms with Gasteiger partial charge in [0.1, 0.15) is 0 Å². The zero-order chi connectivity index (χ0) is 14.5. The fourth-order valence-corrected chi connectivity index (χ4v) is 1.82. The molecule has 0 unspecified atom stereocenters. The van der Waals surface area contributed by atoms with Crippen molar-refractivity contribution < 1.29 is 4.79 Å². The second-order valence-corrected chi connectivity index (χ2v) is 4.34. The Hall–Kier alpha value is -3.00. The molecule has 2 rings (SSSR count). The molecule has 2 aromatic rings. The summed E-state index contributed by atoms with van der Waals surface area (Å²) in [5.74, 6) is -0.273. The third kappa shape index (κ3) is 3.06. The number of nitrogen functional groups attached to an aromatic ring is 2. The lowest BCUT2D eigenvalue weighted by atomic mass is 10.1. The molecular formula is C15H14N4O. The van der Waals surface area contributed by atoms with Crippen LogP contribution in [0.3, 0.4) is 0 Å². The van der Waals surface area contributed by atoms with Gasteiger partial charge in [-0.1, -0.05) is 12.1 Å². The lowest BCUT2D eigenvalue weighted by Gasteiger charge is -2.08. The number of carbonyl (C=O) groups is 1. The summed E-state index contributed by atoms with van der Waals surface area (Å²) in [7, 11) is 0. The molecule has 20 heavy (non-hydrogen) atoms. The first-order valence-corrected chi connectivity index (χ1v) is 6.02. The van der Waals surface area contributed by atoms with Gasteiger partial charge in [0.05, 0.1) is 17.2 Å². The minimum Gasteiger partial charge on any atom is -0.399 e. The van der Waals surface area contributed by atoms with Crippen molar-refractivity contribution in [1.29, 1.82) is 5.26 Å². The molecule has 0 aromatic heterocycles. The van der Waals surface area contributed by atoms with Crippen molar-refractivity contribution in [3.63, 3.8) is 0 Å². The molecule has 0 aliphatic rings. The highest BCUT2D eigenvalue weighted by Crippen LogP contribution is 2.15. The van der Waals surface area contributed by atoms with Crippen LogP contribution in [0.25, 0.3) is 0 Å². The van der Waals surface area contributed by atoms with Gasteiger partial charge in [-0.05, 0) is 35.9 Å². The van der Waals surface area contributed by atoms with Crippen LogP contribution in [0.4, 0.5) is 11.4 Å². The van der Waals surface area contributed by atoms with Gasteiger partial charge in [0, 0.05) is 17.9 Å². The van der Waals surface area contributed by atoms with Crippen LogP contribution in [-0.2, 0) is 6.54 Å². The number of nitriles is 1. The minimum atomic E-state index is -0.273. The predicted molar refractivity (Wildman–Crippen MR) is 77.6 cm³/mol. The van der Waals surface area contributed by atoms with E-state index in [9.17, 15) is 4.79 Å². The molecule has 0 spiro atoms. The van der Waals surface area contributed by atoms with E-state index in [0.29, 0.717) is 29.0 Å². The van der Waals surface area contributed by atoms with Gasteiger partial charge in [-0.15, -0.1) is 0 Å². The lowest BCUT2D eigenvalue weighted by molar-refractivity contribution is 0.0952. The minimum absolute atomic E-state index is 0.273. The standard InChI is InChI=1S/C15H14N4O/c16-8-10-2-1-3-11(6-10)9-19-15(20)13-5-4-12(17)7-14(13)18/h1-7H,9,17-18H2,(H,19,20). The van der Waals surface area contributed by atoms with Gasteiger partial charge in [-0.25, -0.2) is 0 Å². The van der Waals surface area contributed by atoms with E-state index in [2.05, 4.69) is 11.4 Å². The molecule has 5 N–H and O–H groups in total. The molecule has 0 heterocycles. The molecule has 100 valence electrons. The Bertz CT molecular complexity index is 689. The summed E-state index contributed by atoms with van der Waals surface area (Å²) >= 11 is 0. The highest BCUT2D eigenvalue weighted by Gasteiger charge is 2.09. The van der Waals surface area contributed by atoms with Gasteiger partial charge in [0.25, 0.3) is 5.91 Å². The van der Waals surface area contributed by atoms with Gasteiger partial charge in [0.15, 0.2) is 0 Å². The third-order valence-electron chi connectivity index (χ3n) is 2.83. The van der Waals surface area contributed by atoms with Crippen molar-refractivity contribution in [2.45, 2.75) is 6.54 Å². The number of anilines is 2. The molecular weight excluding hydrogens is 252 g/mol. The van der Waals surface area contributed by atoms with E-state index >= 15 is 0 Å². The molecule has 0 aliphatic carbocycles. The van der Waals surface area contributed by atoms with Gasteiger partial charge >= 0.3 is 0 Å². The first-order valence-electron chi connectivity index (χ1n) is 6.02. The van der Waals surface area contributed by atoms with E-state index in [1.54, 1.807) is 36.4 Å². The molecule has 0 fully saturated rings. The van der Waals surface area contributed by atoms with Gasteiger partial charge in [-0.2, -0.15) is 5.26 Å². The number of rotatable bonds is 3. The molecule has 2 aromatic carbocycles. The van der Waals surface area contributed by atoms with Crippen LogP contribution in [0.1, 0.15) is 21.5 Å². The fraction of sp³-hybridized carbons (Fsp3) is 0.0667. The van der Waals surface area contributed by atoms with Crippen LogP contribution in [-0.4, -0.2) is 5.91 Å². The summed E-state index contributed by atoms with van der Waals surface area (Å²) < 4.78 is 0. The molecule has 1 amide bonds. The molecule has 0 bridgehead atoms. The molecule has 0 radical (unpaired) electrons. The van der Waals surface area contributed by atoms with E-state index in [0.717, 1.165) is 5.56 Å². The zero-order valence-electron chi connectivity index (χ0n) is 10.8. The number of hydrogen-bond acceptors (Lipinski definition) is 4. The molecule has 0 saturated carbocycles. The highest BCUT2D eigenvalue weighted by molar-refractivity contribution is 5.99. The summed E-state index contributed by atoms with van der Waals surface area (Å²) in [6.07, 6.45) is 0. The number of hydrogen-bond donors (Lipinski definition) is 3. The van der Waals surface area contributed by atoms with Gasteiger partial charge in [-0.3, -0.25) is 4.79 Å². The number of nitrogens with two attached hydrogens (primary N) is 2.